The molecule has 0 aliphatic rings. The van der Waals surface area contributed by atoms with Crippen molar-refractivity contribution in [2.24, 2.45) is 0 Å². The minimum atomic E-state index is -0.154. The minimum absolute atomic E-state index is 0.138. The molecule has 0 saturated carbocycles. The Morgan fingerprint density at radius 3 is 1.76 bits per heavy atom. The maximum atomic E-state index is 9.92. The molecule has 2 aromatic heterocycles. The summed E-state index contributed by atoms with van der Waals surface area (Å²) in [6.07, 6.45) is 0. The zero-order chi connectivity index (χ0) is 42.3. The molecule has 0 amide bonds. The van der Waals surface area contributed by atoms with E-state index in [4.69, 9.17) is 4.42 Å². The van der Waals surface area contributed by atoms with Gasteiger partial charge in [-0.15, -0.1) is 0 Å². The Balaban J connectivity index is 1.14. The average molecular weight is 757 g/mol. The van der Waals surface area contributed by atoms with Crippen molar-refractivity contribution < 1.29 is 9.90 Å². The normalized spacial score (nSPS) is 12.7. The highest BCUT2D eigenvalue weighted by Crippen LogP contribution is 2.47. The van der Waals surface area contributed by atoms with Gasteiger partial charge in [0.25, 0.3) is 0 Å². The quantitative estimate of drug-likeness (QED) is 0.168. The third-order valence-corrected chi connectivity index (χ3v) is 11.7. The number of rotatable bonds is 6. The maximum Gasteiger partial charge on any atom is 0.143 e. The van der Waals surface area contributed by atoms with Gasteiger partial charge in [-0.3, -0.25) is 0 Å². The van der Waals surface area contributed by atoms with Gasteiger partial charge in [0.05, 0.1) is 22.2 Å². The van der Waals surface area contributed by atoms with Gasteiger partial charge in [-0.2, -0.15) is 0 Å². The Morgan fingerprint density at radius 2 is 1.00 bits per heavy atom. The van der Waals surface area contributed by atoms with E-state index in [1.165, 1.54) is 0 Å². The largest absolute Gasteiger partial charge is 0.455 e. The molecule has 3 nitrogen and oxygen atoms in total. The number of nitrogens with zero attached hydrogens (tertiary/aromatic N) is 2. The Kier molecular flexibility index (Phi) is 6.65. The maximum absolute atomic E-state index is 9.92. The van der Waals surface area contributed by atoms with Crippen LogP contribution in [0.2, 0.25) is 0 Å². The van der Waals surface area contributed by atoms with Crippen molar-refractivity contribution in [3.05, 3.63) is 218 Å². The summed E-state index contributed by atoms with van der Waals surface area (Å²) < 4.78 is 47.9. The summed E-state index contributed by atoms with van der Waals surface area (Å²) in [4.78, 5) is 1.90. The summed E-state index contributed by atoms with van der Waals surface area (Å²) in [5.41, 5.74) is 8.81. The molecule has 0 aliphatic heterocycles. The Hall–Kier alpha value is -7.88. The van der Waals surface area contributed by atoms with Crippen molar-refractivity contribution in [1.82, 2.24) is 4.57 Å². The standard InChI is InChI=1S/C56H36N2O/c1-3-17-43-37(14-1)16-13-23-44(43)38-28-30-40(31-29-38)57(41-32-34-42(35-33-41)58-52-25-10-5-19-46(52)47-20-6-11-26-53(47)58)51-24-9-7-21-48(51)50-36-39-15-2-4-18-45(39)56-55(50)49-22-8-12-27-54(49)59-56/h1-36H/i32D,33D,34D,35D. The molecule has 0 atom stereocenters. The smallest absolute Gasteiger partial charge is 0.143 e. The fourth-order valence-corrected chi connectivity index (χ4v) is 9.01. The minimum Gasteiger partial charge on any atom is -0.455 e. The first-order valence-electron chi connectivity index (χ1n) is 21.9. The number of fused-ring (bicyclic) bond motifs is 9. The molecule has 0 unspecified atom stereocenters. The molecule has 0 aliphatic carbocycles. The molecule has 0 fully saturated rings. The van der Waals surface area contributed by atoms with E-state index in [0.29, 0.717) is 11.4 Å². The molecule has 0 spiro atoms. The number of anilines is 3. The van der Waals surface area contributed by atoms with E-state index < -0.39 is 0 Å². The molecule has 276 valence electrons. The highest BCUT2D eigenvalue weighted by atomic mass is 16.3. The lowest BCUT2D eigenvalue weighted by molar-refractivity contribution is 0.673. The van der Waals surface area contributed by atoms with E-state index in [-0.39, 0.29) is 35.5 Å². The Labute approximate surface area is 346 Å². The van der Waals surface area contributed by atoms with Crippen LogP contribution in [-0.4, -0.2) is 4.57 Å². The first kappa shape index (κ1) is 29.4. The van der Waals surface area contributed by atoms with Gasteiger partial charge in [0.2, 0.25) is 0 Å². The van der Waals surface area contributed by atoms with E-state index >= 15 is 0 Å². The van der Waals surface area contributed by atoms with Crippen molar-refractivity contribution >= 4 is 82.4 Å². The van der Waals surface area contributed by atoms with E-state index in [9.17, 15) is 5.48 Å². The van der Waals surface area contributed by atoms with Gasteiger partial charge in [-0.25, -0.2) is 0 Å². The average Bonchev–Trinajstić information content (AvgIpc) is 3.89. The van der Waals surface area contributed by atoms with Crippen LogP contribution in [-0.2, 0) is 0 Å². The predicted molar refractivity (Wildman–Crippen MR) is 249 cm³/mol. The van der Waals surface area contributed by atoms with Crippen LogP contribution >= 0.6 is 0 Å². The lowest BCUT2D eigenvalue weighted by Gasteiger charge is -2.28. The number of hydrogen-bond acceptors (Lipinski definition) is 2. The summed E-state index contributed by atoms with van der Waals surface area (Å²) in [7, 11) is 0. The summed E-state index contributed by atoms with van der Waals surface area (Å²) in [5, 5.41) is 8.20. The zero-order valence-corrected chi connectivity index (χ0v) is 31.8. The van der Waals surface area contributed by atoms with Crippen molar-refractivity contribution in [3.8, 4) is 27.9 Å². The van der Waals surface area contributed by atoms with Crippen LogP contribution in [0.1, 0.15) is 5.48 Å². The second-order valence-corrected chi connectivity index (χ2v) is 14.9. The van der Waals surface area contributed by atoms with Crippen LogP contribution in [0.4, 0.5) is 17.1 Å². The third kappa shape index (κ3) is 5.29. The van der Waals surface area contributed by atoms with Gasteiger partial charge in [-0.1, -0.05) is 152 Å². The van der Waals surface area contributed by atoms with Crippen molar-refractivity contribution in [1.29, 1.82) is 0 Å². The van der Waals surface area contributed by atoms with Crippen LogP contribution in [0, 0.1) is 0 Å². The molecule has 12 aromatic rings. The van der Waals surface area contributed by atoms with Crippen LogP contribution < -0.4 is 4.90 Å². The molecule has 2 heterocycles. The first-order valence-corrected chi connectivity index (χ1v) is 19.9. The van der Waals surface area contributed by atoms with Crippen LogP contribution in [0.25, 0.3) is 93.2 Å². The van der Waals surface area contributed by atoms with Gasteiger partial charge in [-0.05, 0) is 99.5 Å². The Bertz CT molecular complexity index is 3720. The monoisotopic (exact) mass is 756 g/mol. The SMILES string of the molecule is [2H]c1c([2H])c(-n2c3ccccc3c3ccccc32)c([2H])c([2H])c1N(c1ccc(-c2cccc3ccccc23)cc1)c1ccccc1-c1cc2ccccc2c2oc3ccccc3c12. The zero-order valence-electron chi connectivity index (χ0n) is 35.8. The van der Waals surface area contributed by atoms with Crippen LogP contribution in [0.3, 0.4) is 0 Å². The Morgan fingerprint density at radius 1 is 0.424 bits per heavy atom. The van der Waals surface area contributed by atoms with Gasteiger partial charge >= 0.3 is 0 Å². The highest BCUT2D eigenvalue weighted by Gasteiger charge is 2.22. The second kappa shape index (κ2) is 13.4. The summed E-state index contributed by atoms with van der Waals surface area (Å²) in [5.74, 6) is 0. The number of para-hydroxylation sites is 4. The van der Waals surface area contributed by atoms with E-state index in [0.717, 1.165) is 87.5 Å². The van der Waals surface area contributed by atoms with E-state index in [1.54, 1.807) is 0 Å². The lowest BCUT2D eigenvalue weighted by Crippen LogP contribution is -2.11. The summed E-state index contributed by atoms with van der Waals surface area (Å²) in [6.45, 7) is 0. The fraction of sp³-hybridized carbons (Fsp3) is 0. The van der Waals surface area contributed by atoms with Crippen LogP contribution in [0.5, 0.6) is 0 Å². The molecule has 59 heavy (non-hydrogen) atoms. The topological polar surface area (TPSA) is 21.3 Å². The van der Waals surface area contributed by atoms with Crippen molar-refractivity contribution in [2.75, 3.05) is 4.90 Å². The third-order valence-electron chi connectivity index (χ3n) is 11.7. The van der Waals surface area contributed by atoms with Crippen molar-refractivity contribution in [2.45, 2.75) is 0 Å². The molecule has 12 rings (SSSR count). The van der Waals surface area contributed by atoms with E-state index in [2.05, 4.69) is 78.9 Å². The second-order valence-electron chi connectivity index (χ2n) is 14.9. The van der Waals surface area contributed by atoms with Crippen molar-refractivity contribution in [3.63, 3.8) is 0 Å². The number of aromatic nitrogens is 1. The fourth-order valence-electron chi connectivity index (χ4n) is 9.01. The van der Waals surface area contributed by atoms with Crippen LogP contribution in [0.15, 0.2) is 223 Å². The lowest BCUT2D eigenvalue weighted by atomic mass is 9.93. The molecule has 0 saturated heterocycles. The van der Waals surface area contributed by atoms with Gasteiger partial charge in [0, 0.05) is 49.6 Å². The number of hydrogen-bond donors (Lipinski definition) is 0. The van der Waals surface area contributed by atoms with Gasteiger partial charge in [0.15, 0.2) is 0 Å². The predicted octanol–water partition coefficient (Wildman–Crippen LogP) is 15.8. The van der Waals surface area contributed by atoms with Gasteiger partial charge < -0.3 is 13.9 Å². The summed E-state index contributed by atoms with van der Waals surface area (Å²) in [6, 6.07) is 64.7. The highest BCUT2D eigenvalue weighted by molar-refractivity contribution is 6.22. The molecule has 0 radical (unpaired) electrons. The molecule has 0 N–H and O–H groups in total. The number of benzene rings is 10. The van der Waals surface area contributed by atoms with Gasteiger partial charge in [0.1, 0.15) is 11.2 Å². The molecule has 10 aromatic carbocycles. The number of furan rings is 1. The molecule has 3 heteroatoms. The van der Waals surface area contributed by atoms with E-state index in [1.807, 2.05) is 125 Å². The molecular formula is C56H36N2O. The first-order chi connectivity index (χ1) is 31.0. The molecular weight excluding hydrogens is 717 g/mol. The molecule has 0 bridgehead atoms. The summed E-state index contributed by atoms with van der Waals surface area (Å²) >= 11 is 0.